The molecule has 0 aromatic carbocycles. The Hall–Kier alpha value is -1.42. The summed E-state index contributed by atoms with van der Waals surface area (Å²) in [5, 5.41) is 6.04. The number of hydrogen-bond donors (Lipinski definition) is 2. The third kappa shape index (κ3) is 2.39. The second kappa shape index (κ2) is 4.61. The first-order valence-electron chi connectivity index (χ1n) is 5.64. The Kier molecular flexibility index (Phi) is 3.19. The van der Waals surface area contributed by atoms with E-state index in [2.05, 4.69) is 22.5 Å². The van der Waals surface area contributed by atoms with Crippen molar-refractivity contribution in [1.82, 2.24) is 10.3 Å². The lowest BCUT2D eigenvalue weighted by Gasteiger charge is -2.14. The average molecular weight is 219 g/mol. The third-order valence-electron chi connectivity index (χ3n) is 2.98. The molecule has 86 valence electrons. The van der Waals surface area contributed by atoms with Crippen molar-refractivity contribution in [3.05, 3.63) is 23.9 Å². The van der Waals surface area contributed by atoms with Crippen molar-refractivity contribution < 1.29 is 4.79 Å². The van der Waals surface area contributed by atoms with Crippen molar-refractivity contribution >= 4 is 11.7 Å². The zero-order valence-electron chi connectivity index (χ0n) is 9.66. The van der Waals surface area contributed by atoms with Gasteiger partial charge in [0.2, 0.25) is 5.91 Å². The molecular formula is C12H17N3O. The van der Waals surface area contributed by atoms with Gasteiger partial charge in [-0.15, -0.1) is 0 Å². The largest absolute Gasteiger partial charge is 0.309 e. The van der Waals surface area contributed by atoms with Crippen LogP contribution in [-0.2, 0) is 4.79 Å². The minimum Gasteiger partial charge on any atom is -0.309 e. The van der Waals surface area contributed by atoms with Crippen molar-refractivity contribution in [2.24, 2.45) is 5.92 Å². The Morgan fingerprint density at radius 3 is 3.06 bits per heavy atom. The Morgan fingerprint density at radius 2 is 2.44 bits per heavy atom. The minimum atomic E-state index is -0.0812. The van der Waals surface area contributed by atoms with Gasteiger partial charge in [0.15, 0.2) is 0 Å². The number of nitrogens with zero attached hydrogens (tertiary/aromatic N) is 1. The average Bonchev–Trinajstić information content (AvgIpc) is 2.64. The number of pyridine rings is 1. The van der Waals surface area contributed by atoms with Crippen LogP contribution in [-0.4, -0.2) is 23.5 Å². The monoisotopic (exact) mass is 219 g/mol. The summed E-state index contributed by atoms with van der Waals surface area (Å²) in [4.78, 5) is 16.0. The number of hydrogen-bond acceptors (Lipinski definition) is 3. The van der Waals surface area contributed by atoms with Crippen LogP contribution in [0.3, 0.4) is 0 Å². The van der Waals surface area contributed by atoms with E-state index in [1.807, 2.05) is 19.1 Å². The Morgan fingerprint density at radius 1 is 1.62 bits per heavy atom. The first-order chi connectivity index (χ1) is 7.66. The molecule has 1 fully saturated rings. The number of nitrogens with one attached hydrogen (secondary N) is 2. The fourth-order valence-corrected chi connectivity index (χ4v) is 1.99. The highest BCUT2D eigenvalue weighted by Crippen LogP contribution is 2.16. The van der Waals surface area contributed by atoms with Gasteiger partial charge in [-0.3, -0.25) is 4.79 Å². The molecule has 16 heavy (non-hydrogen) atoms. The predicted molar refractivity (Wildman–Crippen MR) is 63.2 cm³/mol. The van der Waals surface area contributed by atoms with E-state index in [4.69, 9.17) is 0 Å². The van der Waals surface area contributed by atoms with Crippen molar-refractivity contribution in [3.63, 3.8) is 0 Å². The highest BCUT2D eigenvalue weighted by Gasteiger charge is 2.29. The molecule has 0 spiro atoms. The lowest BCUT2D eigenvalue weighted by Crippen LogP contribution is -2.39. The molecule has 0 aliphatic carbocycles. The van der Waals surface area contributed by atoms with Gasteiger partial charge in [-0.25, -0.2) is 4.98 Å². The number of aromatic nitrogens is 1. The quantitative estimate of drug-likeness (QED) is 0.789. The Balaban J connectivity index is 2.02. The first kappa shape index (κ1) is 11.1. The number of carbonyl (C=O) groups excluding carboxylic acids is 1. The highest BCUT2D eigenvalue weighted by atomic mass is 16.2. The van der Waals surface area contributed by atoms with Gasteiger partial charge < -0.3 is 10.6 Å². The van der Waals surface area contributed by atoms with E-state index < -0.39 is 0 Å². The van der Waals surface area contributed by atoms with E-state index in [9.17, 15) is 4.79 Å². The van der Waals surface area contributed by atoms with Crippen molar-refractivity contribution in [2.75, 3.05) is 11.9 Å². The lowest BCUT2D eigenvalue weighted by atomic mass is 10.0. The number of aryl methyl sites for hydroxylation is 1. The summed E-state index contributed by atoms with van der Waals surface area (Å²) in [5.74, 6) is 1.04. The molecule has 1 amide bonds. The number of anilines is 1. The fraction of sp³-hybridized carbons (Fsp3) is 0.500. The first-order valence-corrected chi connectivity index (χ1v) is 5.64. The van der Waals surface area contributed by atoms with Crippen molar-refractivity contribution in [1.29, 1.82) is 0 Å². The molecule has 1 aromatic rings. The minimum absolute atomic E-state index is 0.0168. The van der Waals surface area contributed by atoms with Crippen molar-refractivity contribution in [3.8, 4) is 0 Å². The van der Waals surface area contributed by atoms with Crippen LogP contribution in [0.4, 0.5) is 5.82 Å². The molecule has 4 heteroatoms. The molecule has 1 saturated heterocycles. The molecule has 2 rings (SSSR count). The zero-order valence-corrected chi connectivity index (χ0v) is 9.66. The van der Waals surface area contributed by atoms with Gasteiger partial charge in [0.05, 0.1) is 6.04 Å². The molecule has 0 bridgehead atoms. The Bertz CT molecular complexity index is 392. The van der Waals surface area contributed by atoms with E-state index in [-0.39, 0.29) is 11.9 Å². The SMILES string of the molecule is Cc1ccnc(NC(=O)C2NCCC2C)c1. The van der Waals surface area contributed by atoms with Crippen LogP contribution in [0.15, 0.2) is 18.3 Å². The van der Waals surface area contributed by atoms with Gasteiger partial charge in [0, 0.05) is 6.20 Å². The predicted octanol–water partition coefficient (Wildman–Crippen LogP) is 1.33. The molecular weight excluding hydrogens is 202 g/mol. The van der Waals surface area contributed by atoms with E-state index in [0.29, 0.717) is 11.7 Å². The normalized spacial score (nSPS) is 24.4. The highest BCUT2D eigenvalue weighted by molar-refractivity contribution is 5.94. The summed E-state index contributed by atoms with van der Waals surface area (Å²) in [7, 11) is 0. The molecule has 1 aliphatic rings. The number of carbonyl (C=O) groups is 1. The summed E-state index contributed by atoms with van der Waals surface area (Å²) in [5.41, 5.74) is 1.10. The van der Waals surface area contributed by atoms with Gasteiger partial charge in [-0.2, -0.15) is 0 Å². The van der Waals surface area contributed by atoms with Crippen LogP contribution in [0, 0.1) is 12.8 Å². The maximum absolute atomic E-state index is 11.9. The smallest absolute Gasteiger partial charge is 0.242 e. The summed E-state index contributed by atoms with van der Waals surface area (Å²) in [6.07, 6.45) is 2.76. The van der Waals surface area contributed by atoms with Crippen LogP contribution in [0.2, 0.25) is 0 Å². The van der Waals surface area contributed by atoms with Gasteiger partial charge in [0.25, 0.3) is 0 Å². The summed E-state index contributed by atoms with van der Waals surface area (Å²) in [6.45, 7) is 4.99. The third-order valence-corrected chi connectivity index (χ3v) is 2.98. The van der Waals surface area contributed by atoms with E-state index in [0.717, 1.165) is 18.5 Å². The van der Waals surface area contributed by atoms with Gasteiger partial charge >= 0.3 is 0 Å². The molecule has 2 unspecified atom stereocenters. The fourth-order valence-electron chi connectivity index (χ4n) is 1.99. The molecule has 2 N–H and O–H groups in total. The maximum Gasteiger partial charge on any atom is 0.242 e. The van der Waals surface area contributed by atoms with Crippen LogP contribution >= 0.6 is 0 Å². The topological polar surface area (TPSA) is 54.0 Å². The molecule has 1 aliphatic heterocycles. The number of rotatable bonds is 2. The van der Waals surface area contributed by atoms with E-state index >= 15 is 0 Å². The second-order valence-corrected chi connectivity index (χ2v) is 4.41. The molecule has 2 heterocycles. The molecule has 4 nitrogen and oxygen atoms in total. The van der Waals surface area contributed by atoms with Gasteiger partial charge in [-0.1, -0.05) is 6.92 Å². The molecule has 0 saturated carbocycles. The Labute approximate surface area is 95.5 Å². The number of amides is 1. The van der Waals surface area contributed by atoms with Crippen molar-refractivity contribution in [2.45, 2.75) is 26.3 Å². The molecule has 0 radical (unpaired) electrons. The van der Waals surface area contributed by atoms with Crippen LogP contribution in [0.5, 0.6) is 0 Å². The van der Waals surface area contributed by atoms with Gasteiger partial charge in [-0.05, 0) is 43.5 Å². The molecule has 1 aromatic heterocycles. The second-order valence-electron chi connectivity index (χ2n) is 4.41. The van der Waals surface area contributed by atoms with Crippen LogP contribution in [0.25, 0.3) is 0 Å². The lowest BCUT2D eigenvalue weighted by molar-refractivity contribution is -0.118. The standard InChI is InChI=1S/C12H17N3O/c1-8-3-5-13-10(7-8)15-12(16)11-9(2)4-6-14-11/h3,5,7,9,11,14H,4,6H2,1-2H3,(H,13,15,16). The van der Waals surface area contributed by atoms with Gasteiger partial charge in [0.1, 0.15) is 5.82 Å². The summed E-state index contributed by atoms with van der Waals surface area (Å²) >= 11 is 0. The van der Waals surface area contributed by atoms with E-state index in [1.54, 1.807) is 6.20 Å². The zero-order chi connectivity index (χ0) is 11.5. The van der Waals surface area contributed by atoms with E-state index in [1.165, 1.54) is 0 Å². The summed E-state index contributed by atoms with van der Waals surface area (Å²) < 4.78 is 0. The molecule has 2 atom stereocenters. The van der Waals surface area contributed by atoms with Crippen LogP contribution < -0.4 is 10.6 Å². The maximum atomic E-state index is 11.9. The summed E-state index contributed by atoms with van der Waals surface area (Å²) in [6, 6.07) is 3.70. The van der Waals surface area contributed by atoms with Crippen LogP contribution in [0.1, 0.15) is 18.9 Å².